The molecule has 98 valence electrons. The summed E-state index contributed by atoms with van der Waals surface area (Å²) in [6.45, 7) is 1.88. The first kappa shape index (κ1) is 13.1. The molecule has 0 aliphatic heterocycles. The van der Waals surface area contributed by atoms with Crippen molar-refractivity contribution in [2.45, 2.75) is 13.0 Å². The van der Waals surface area contributed by atoms with E-state index in [4.69, 9.17) is 5.73 Å². The highest BCUT2D eigenvalue weighted by Gasteiger charge is 2.12. The van der Waals surface area contributed by atoms with Crippen LogP contribution < -0.4 is 11.1 Å². The third-order valence-electron chi connectivity index (χ3n) is 2.91. The molecule has 0 aliphatic rings. The summed E-state index contributed by atoms with van der Waals surface area (Å²) >= 11 is 0. The molecule has 3 nitrogen and oxygen atoms in total. The van der Waals surface area contributed by atoms with Crippen LogP contribution in [0.3, 0.4) is 0 Å². The molecule has 0 saturated carbocycles. The first-order chi connectivity index (χ1) is 9.08. The largest absolute Gasteiger partial charge is 0.396 e. The summed E-state index contributed by atoms with van der Waals surface area (Å²) < 4.78 is 13.3. The molecule has 0 aromatic heterocycles. The molecule has 0 fully saturated rings. The summed E-state index contributed by atoms with van der Waals surface area (Å²) in [6, 6.07) is 13.5. The Balaban J connectivity index is 2.11. The SMILES string of the molecule is CC(NC(=O)c1ccc(N)c(F)c1)c1ccccc1. The summed E-state index contributed by atoms with van der Waals surface area (Å²) in [7, 11) is 0. The maximum absolute atomic E-state index is 13.3. The van der Waals surface area contributed by atoms with Crippen molar-refractivity contribution < 1.29 is 9.18 Å². The Kier molecular flexibility index (Phi) is 3.80. The van der Waals surface area contributed by atoms with Crippen molar-refractivity contribution in [2.24, 2.45) is 0 Å². The Hall–Kier alpha value is -2.36. The zero-order valence-corrected chi connectivity index (χ0v) is 10.6. The van der Waals surface area contributed by atoms with E-state index in [0.717, 1.165) is 11.6 Å². The highest BCUT2D eigenvalue weighted by atomic mass is 19.1. The predicted molar refractivity (Wildman–Crippen MR) is 73.1 cm³/mol. The molecule has 2 rings (SSSR count). The van der Waals surface area contributed by atoms with Gasteiger partial charge in [0.05, 0.1) is 11.7 Å². The van der Waals surface area contributed by atoms with Gasteiger partial charge in [-0.2, -0.15) is 0 Å². The molecule has 0 heterocycles. The lowest BCUT2D eigenvalue weighted by Gasteiger charge is -2.14. The molecule has 2 aromatic carbocycles. The Morgan fingerprint density at radius 1 is 1.21 bits per heavy atom. The van der Waals surface area contributed by atoms with Crippen LogP contribution in [0.5, 0.6) is 0 Å². The molecular weight excluding hydrogens is 243 g/mol. The number of halogens is 1. The maximum atomic E-state index is 13.3. The number of nitrogens with two attached hydrogens (primary N) is 1. The normalized spacial score (nSPS) is 11.9. The van der Waals surface area contributed by atoms with Gasteiger partial charge in [0.2, 0.25) is 0 Å². The van der Waals surface area contributed by atoms with E-state index in [1.807, 2.05) is 37.3 Å². The average molecular weight is 258 g/mol. The van der Waals surface area contributed by atoms with Gasteiger partial charge in [-0.05, 0) is 30.7 Å². The number of anilines is 1. The first-order valence-corrected chi connectivity index (χ1v) is 5.99. The van der Waals surface area contributed by atoms with Crippen molar-refractivity contribution in [2.75, 3.05) is 5.73 Å². The van der Waals surface area contributed by atoms with E-state index in [0.29, 0.717) is 0 Å². The summed E-state index contributed by atoms with van der Waals surface area (Å²) in [6.07, 6.45) is 0. The molecule has 4 heteroatoms. The number of hydrogen-bond donors (Lipinski definition) is 2. The van der Waals surface area contributed by atoms with Crippen LogP contribution in [0.4, 0.5) is 10.1 Å². The molecule has 0 aliphatic carbocycles. The molecule has 1 unspecified atom stereocenters. The Morgan fingerprint density at radius 3 is 2.53 bits per heavy atom. The average Bonchev–Trinajstić information content (AvgIpc) is 2.42. The van der Waals surface area contributed by atoms with Crippen molar-refractivity contribution in [3.8, 4) is 0 Å². The predicted octanol–water partition coefficient (Wildman–Crippen LogP) is 2.90. The van der Waals surface area contributed by atoms with Crippen LogP contribution >= 0.6 is 0 Å². The Labute approximate surface area is 111 Å². The second kappa shape index (κ2) is 5.52. The zero-order chi connectivity index (χ0) is 13.8. The van der Waals surface area contributed by atoms with Crippen LogP contribution in [-0.2, 0) is 0 Å². The summed E-state index contributed by atoms with van der Waals surface area (Å²) in [5.74, 6) is -0.907. The molecule has 0 spiro atoms. The highest BCUT2D eigenvalue weighted by molar-refractivity contribution is 5.94. The fourth-order valence-electron chi connectivity index (χ4n) is 1.77. The van der Waals surface area contributed by atoms with E-state index in [-0.39, 0.29) is 23.2 Å². The van der Waals surface area contributed by atoms with Gasteiger partial charge in [0, 0.05) is 5.56 Å². The molecule has 0 radical (unpaired) electrons. The van der Waals surface area contributed by atoms with Crippen molar-refractivity contribution in [1.29, 1.82) is 0 Å². The van der Waals surface area contributed by atoms with Crippen molar-refractivity contribution in [3.05, 3.63) is 65.5 Å². The molecule has 2 aromatic rings. The Morgan fingerprint density at radius 2 is 1.89 bits per heavy atom. The van der Waals surface area contributed by atoms with Gasteiger partial charge in [-0.1, -0.05) is 30.3 Å². The van der Waals surface area contributed by atoms with Crippen molar-refractivity contribution >= 4 is 11.6 Å². The van der Waals surface area contributed by atoms with Gasteiger partial charge in [-0.3, -0.25) is 4.79 Å². The Bertz CT molecular complexity index is 584. The summed E-state index contributed by atoms with van der Waals surface area (Å²) in [4.78, 5) is 12.0. The van der Waals surface area contributed by atoms with Crippen LogP contribution in [0.1, 0.15) is 28.9 Å². The van der Waals surface area contributed by atoms with E-state index >= 15 is 0 Å². The summed E-state index contributed by atoms with van der Waals surface area (Å²) in [5.41, 5.74) is 6.66. The third-order valence-corrected chi connectivity index (χ3v) is 2.91. The molecule has 1 amide bonds. The smallest absolute Gasteiger partial charge is 0.251 e. The van der Waals surface area contributed by atoms with E-state index in [2.05, 4.69) is 5.32 Å². The minimum absolute atomic E-state index is 0.0349. The number of rotatable bonds is 3. The van der Waals surface area contributed by atoms with E-state index < -0.39 is 5.82 Å². The molecular formula is C15H15FN2O. The lowest BCUT2D eigenvalue weighted by molar-refractivity contribution is 0.0939. The number of amides is 1. The minimum Gasteiger partial charge on any atom is -0.396 e. The minimum atomic E-state index is -0.583. The fourth-order valence-corrected chi connectivity index (χ4v) is 1.77. The number of nitrogen functional groups attached to an aromatic ring is 1. The lowest BCUT2D eigenvalue weighted by Crippen LogP contribution is -2.26. The highest BCUT2D eigenvalue weighted by Crippen LogP contribution is 2.15. The van der Waals surface area contributed by atoms with Crippen LogP contribution in [0.15, 0.2) is 48.5 Å². The second-order valence-electron chi connectivity index (χ2n) is 4.34. The number of carbonyl (C=O) groups excluding carboxylic acids is 1. The maximum Gasteiger partial charge on any atom is 0.251 e. The van der Waals surface area contributed by atoms with Crippen LogP contribution in [0.2, 0.25) is 0 Å². The fraction of sp³-hybridized carbons (Fsp3) is 0.133. The van der Waals surface area contributed by atoms with Crippen LogP contribution in [-0.4, -0.2) is 5.91 Å². The molecule has 0 bridgehead atoms. The lowest BCUT2D eigenvalue weighted by atomic mass is 10.1. The van der Waals surface area contributed by atoms with E-state index in [9.17, 15) is 9.18 Å². The molecule has 0 saturated heterocycles. The van der Waals surface area contributed by atoms with Gasteiger partial charge in [-0.15, -0.1) is 0 Å². The van der Waals surface area contributed by atoms with Crippen molar-refractivity contribution in [3.63, 3.8) is 0 Å². The molecule has 3 N–H and O–H groups in total. The van der Waals surface area contributed by atoms with E-state index in [1.54, 1.807) is 0 Å². The number of hydrogen-bond acceptors (Lipinski definition) is 2. The standard InChI is InChI=1S/C15H15FN2O/c1-10(11-5-3-2-4-6-11)18-15(19)12-7-8-14(17)13(16)9-12/h2-10H,17H2,1H3,(H,18,19). The van der Waals surface area contributed by atoms with Crippen molar-refractivity contribution in [1.82, 2.24) is 5.32 Å². The first-order valence-electron chi connectivity index (χ1n) is 5.99. The van der Waals surface area contributed by atoms with Gasteiger partial charge >= 0.3 is 0 Å². The monoisotopic (exact) mass is 258 g/mol. The zero-order valence-electron chi connectivity index (χ0n) is 10.6. The third kappa shape index (κ3) is 3.10. The van der Waals surface area contributed by atoms with Gasteiger partial charge in [0.25, 0.3) is 5.91 Å². The molecule has 19 heavy (non-hydrogen) atoms. The van der Waals surface area contributed by atoms with Gasteiger partial charge < -0.3 is 11.1 Å². The van der Waals surface area contributed by atoms with Gasteiger partial charge in [-0.25, -0.2) is 4.39 Å². The van der Waals surface area contributed by atoms with Crippen LogP contribution in [0.25, 0.3) is 0 Å². The number of carbonyl (C=O) groups is 1. The van der Waals surface area contributed by atoms with E-state index in [1.165, 1.54) is 12.1 Å². The number of nitrogens with one attached hydrogen (secondary N) is 1. The summed E-state index contributed by atoms with van der Waals surface area (Å²) in [5, 5.41) is 2.81. The topological polar surface area (TPSA) is 55.1 Å². The van der Waals surface area contributed by atoms with Crippen LogP contribution in [0, 0.1) is 5.82 Å². The molecule has 1 atom stereocenters. The quantitative estimate of drug-likeness (QED) is 0.832. The van der Waals surface area contributed by atoms with Gasteiger partial charge in [0.15, 0.2) is 0 Å². The van der Waals surface area contributed by atoms with Gasteiger partial charge in [0.1, 0.15) is 5.82 Å². The second-order valence-corrected chi connectivity index (χ2v) is 4.34. The number of benzene rings is 2.